The number of hydrogen-bond donors (Lipinski definition) is 1. The van der Waals surface area contributed by atoms with E-state index in [1.54, 1.807) is 0 Å². The van der Waals surface area contributed by atoms with Gasteiger partial charge in [0, 0.05) is 24.9 Å². The largest absolute Gasteiger partial charge is 0.416 e. The van der Waals surface area contributed by atoms with E-state index < -0.39 is 41.4 Å². The minimum Gasteiger partial charge on any atom is -0.375 e. The van der Waals surface area contributed by atoms with Crippen molar-refractivity contribution in [1.29, 1.82) is 0 Å². The Morgan fingerprint density at radius 1 is 1.04 bits per heavy atom. The molecule has 152 valence electrons. The highest BCUT2D eigenvalue weighted by atomic mass is 19.4. The Hall–Kier alpha value is -2.47. The summed E-state index contributed by atoms with van der Waals surface area (Å²) in [4.78, 5) is 5.12. The Balaban J connectivity index is 1.86. The molecule has 2 aromatic rings. The third-order valence-corrected chi connectivity index (χ3v) is 4.00. The maximum Gasteiger partial charge on any atom is 0.416 e. The van der Waals surface area contributed by atoms with Gasteiger partial charge in [-0.3, -0.25) is 4.90 Å². The van der Waals surface area contributed by atoms with Crippen LogP contribution >= 0.6 is 0 Å². The fourth-order valence-electron chi connectivity index (χ4n) is 2.52. The van der Waals surface area contributed by atoms with E-state index in [1.165, 1.54) is 17.2 Å². The number of hydrogen-bond acceptors (Lipinski definition) is 4. The van der Waals surface area contributed by atoms with Crippen molar-refractivity contribution in [2.75, 3.05) is 13.1 Å². The standard InChI is InChI=1S/C16H13F7N4O/c17-12-6-26(7-12)13(28)1-2-27-8-24-14(25-27)9-3-10(15(18,19)20)5-11(4-9)16(21,22)23/h1-5,8,12-13,28H,6-7H2/b2-1-. The first-order valence-corrected chi connectivity index (χ1v) is 7.89. The number of aliphatic hydroxyl groups is 1. The Morgan fingerprint density at radius 2 is 1.61 bits per heavy atom. The summed E-state index contributed by atoms with van der Waals surface area (Å²) >= 11 is 0. The van der Waals surface area contributed by atoms with Gasteiger partial charge < -0.3 is 5.11 Å². The number of rotatable bonds is 4. The van der Waals surface area contributed by atoms with Crippen LogP contribution in [-0.2, 0) is 12.4 Å². The second-order valence-corrected chi connectivity index (χ2v) is 6.15. The van der Waals surface area contributed by atoms with E-state index in [4.69, 9.17) is 0 Å². The molecule has 28 heavy (non-hydrogen) atoms. The number of benzene rings is 1. The normalized spacial score (nSPS) is 17.9. The van der Waals surface area contributed by atoms with Gasteiger partial charge in [0.1, 0.15) is 18.7 Å². The van der Waals surface area contributed by atoms with Gasteiger partial charge in [0.05, 0.1) is 11.1 Å². The molecular weight excluding hydrogens is 397 g/mol. The fraction of sp³-hybridized carbons (Fsp3) is 0.375. The molecule has 0 radical (unpaired) electrons. The molecule has 1 aromatic carbocycles. The summed E-state index contributed by atoms with van der Waals surface area (Å²) < 4.78 is 91.3. The predicted molar refractivity (Wildman–Crippen MR) is 83.3 cm³/mol. The van der Waals surface area contributed by atoms with Gasteiger partial charge in [-0.05, 0) is 24.3 Å². The Bertz CT molecular complexity index is 836. The first kappa shape index (κ1) is 20.3. The summed E-state index contributed by atoms with van der Waals surface area (Å²) in [6.07, 6.45) is -8.58. The summed E-state index contributed by atoms with van der Waals surface area (Å²) in [5.74, 6) is -0.358. The Labute approximate surface area is 153 Å². The molecule has 0 spiro atoms. The van der Waals surface area contributed by atoms with Gasteiger partial charge in [-0.15, -0.1) is 5.10 Å². The molecule has 1 fully saturated rings. The van der Waals surface area contributed by atoms with Crippen LogP contribution < -0.4 is 0 Å². The lowest BCUT2D eigenvalue weighted by molar-refractivity contribution is -0.143. The summed E-state index contributed by atoms with van der Waals surface area (Å²) in [6.45, 7) is 0.108. The van der Waals surface area contributed by atoms with Crippen LogP contribution in [0.5, 0.6) is 0 Å². The average Bonchev–Trinajstić information content (AvgIpc) is 3.04. The van der Waals surface area contributed by atoms with E-state index in [-0.39, 0.29) is 25.0 Å². The number of aliphatic hydroxyl groups excluding tert-OH is 1. The molecule has 1 aliphatic rings. The van der Waals surface area contributed by atoms with E-state index in [0.29, 0.717) is 12.1 Å². The molecule has 0 amide bonds. The molecule has 0 bridgehead atoms. The van der Waals surface area contributed by atoms with E-state index in [0.717, 1.165) is 11.0 Å². The quantitative estimate of drug-likeness (QED) is 0.785. The molecule has 2 heterocycles. The maximum absolute atomic E-state index is 12.9. The van der Waals surface area contributed by atoms with Gasteiger partial charge in [0.2, 0.25) is 0 Å². The van der Waals surface area contributed by atoms with Crippen LogP contribution in [0.4, 0.5) is 30.7 Å². The van der Waals surface area contributed by atoms with Crippen LogP contribution in [0.15, 0.2) is 30.6 Å². The molecule has 12 heteroatoms. The van der Waals surface area contributed by atoms with Crippen LogP contribution in [0, 0.1) is 0 Å². The molecule has 1 saturated heterocycles. The maximum atomic E-state index is 12.9. The van der Waals surface area contributed by atoms with Gasteiger partial charge in [-0.1, -0.05) is 0 Å². The van der Waals surface area contributed by atoms with Gasteiger partial charge in [-0.25, -0.2) is 14.1 Å². The smallest absolute Gasteiger partial charge is 0.375 e. The lowest BCUT2D eigenvalue weighted by Gasteiger charge is -2.36. The number of likely N-dealkylation sites (tertiary alicyclic amines) is 1. The molecule has 1 aromatic heterocycles. The van der Waals surface area contributed by atoms with Crippen molar-refractivity contribution in [3.63, 3.8) is 0 Å². The van der Waals surface area contributed by atoms with Crippen LogP contribution in [0.2, 0.25) is 0 Å². The average molecular weight is 410 g/mol. The van der Waals surface area contributed by atoms with Gasteiger partial charge in [-0.2, -0.15) is 26.3 Å². The summed E-state index contributed by atoms with van der Waals surface area (Å²) in [5, 5.41) is 13.6. The molecule has 1 N–H and O–H groups in total. The minimum atomic E-state index is -4.98. The van der Waals surface area contributed by atoms with Crippen molar-refractivity contribution in [2.45, 2.75) is 24.8 Å². The zero-order valence-corrected chi connectivity index (χ0v) is 13.9. The summed E-state index contributed by atoms with van der Waals surface area (Å²) in [5.41, 5.74) is -3.41. The molecule has 5 nitrogen and oxygen atoms in total. The fourth-order valence-corrected chi connectivity index (χ4v) is 2.52. The number of alkyl halides is 7. The van der Waals surface area contributed by atoms with Crippen LogP contribution in [0.25, 0.3) is 17.6 Å². The predicted octanol–water partition coefficient (Wildman–Crippen LogP) is 3.43. The highest BCUT2D eigenvalue weighted by Crippen LogP contribution is 2.38. The lowest BCUT2D eigenvalue weighted by atomic mass is 10.0. The van der Waals surface area contributed by atoms with E-state index in [1.807, 2.05) is 0 Å². The van der Waals surface area contributed by atoms with Crippen molar-refractivity contribution in [2.24, 2.45) is 0 Å². The molecule has 0 saturated carbocycles. The SMILES string of the molecule is OC(/C=C\n1cnc(-c2cc(C(F)(F)F)cc(C(F)(F)F)c2)n1)N1CC(F)C1. The van der Waals surface area contributed by atoms with Gasteiger partial charge in [0.25, 0.3) is 0 Å². The van der Waals surface area contributed by atoms with E-state index in [9.17, 15) is 35.8 Å². The second kappa shape index (κ2) is 7.17. The van der Waals surface area contributed by atoms with Crippen molar-refractivity contribution in [3.8, 4) is 11.4 Å². The van der Waals surface area contributed by atoms with Crippen LogP contribution in [0.1, 0.15) is 11.1 Å². The second-order valence-electron chi connectivity index (χ2n) is 6.15. The van der Waals surface area contributed by atoms with E-state index in [2.05, 4.69) is 10.1 Å². The van der Waals surface area contributed by atoms with Gasteiger partial charge in [0.15, 0.2) is 5.82 Å². The van der Waals surface area contributed by atoms with Gasteiger partial charge >= 0.3 is 12.4 Å². The zero-order chi connectivity index (χ0) is 20.7. The van der Waals surface area contributed by atoms with Crippen molar-refractivity contribution in [1.82, 2.24) is 19.7 Å². The molecule has 1 atom stereocenters. The molecule has 3 rings (SSSR count). The summed E-state index contributed by atoms with van der Waals surface area (Å²) in [6, 6.07) is 1.06. The van der Waals surface area contributed by atoms with E-state index >= 15 is 0 Å². The zero-order valence-electron chi connectivity index (χ0n) is 13.9. The van der Waals surface area contributed by atoms with Crippen molar-refractivity contribution < 1.29 is 35.8 Å². The first-order valence-electron chi connectivity index (χ1n) is 7.89. The van der Waals surface area contributed by atoms with Crippen molar-refractivity contribution >= 4 is 6.20 Å². The summed E-state index contributed by atoms with van der Waals surface area (Å²) in [7, 11) is 0. The Kier molecular flexibility index (Phi) is 5.19. The number of aromatic nitrogens is 3. The first-order chi connectivity index (χ1) is 12.9. The number of halogens is 7. The third-order valence-electron chi connectivity index (χ3n) is 4.00. The van der Waals surface area contributed by atoms with Crippen LogP contribution in [-0.4, -0.2) is 50.3 Å². The monoisotopic (exact) mass is 410 g/mol. The third kappa shape index (κ3) is 4.50. The molecule has 0 aliphatic carbocycles. The number of nitrogens with zero attached hydrogens (tertiary/aromatic N) is 4. The lowest BCUT2D eigenvalue weighted by Crippen LogP contribution is -2.52. The Morgan fingerprint density at radius 3 is 2.11 bits per heavy atom. The molecule has 1 unspecified atom stereocenters. The topological polar surface area (TPSA) is 54.2 Å². The highest BCUT2D eigenvalue weighted by Gasteiger charge is 2.37. The van der Waals surface area contributed by atoms with Crippen LogP contribution in [0.3, 0.4) is 0 Å². The minimum absolute atomic E-state index is 0.0158. The molecule has 1 aliphatic heterocycles. The van der Waals surface area contributed by atoms with Crippen molar-refractivity contribution in [3.05, 3.63) is 41.7 Å². The highest BCUT2D eigenvalue weighted by molar-refractivity contribution is 5.58. The molecular formula is C16H13F7N4O.